The van der Waals surface area contributed by atoms with Crippen molar-refractivity contribution in [3.8, 4) is 0 Å². The van der Waals surface area contributed by atoms with Crippen LogP contribution in [0.5, 0.6) is 0 Å². The summed E-state index contributed by atoms with van der Waals surface area (Å²) in [7, 11) is 4.15. The lowest BCUT2D eigenvalue weighted by Crippen LogP contribution is -2.21. The summed E-state index contributed by atoms with van der Waals surface area (Å²) in [6.07, 6.45) is 2.10. The summed E-state index contributed by atoms with van der Waals surface area (Å²) in [5.74, 6) is 1.66. The van der Waals surface area contributed by atoms with Gasteiger partial charge in [-0.3, -0.25) is 0 Å². The summed E-state index contributed by atoms with van der Waals surface area (Å²) in [5.41, 5.74) is 0. The van der Waals surface area contributed by atoms with Crippen LogP contribution in [0.1, 0.15) is 25.1 Å². The monoisotopic (exact) mass is 307 g/mol. The molecule has 0 fully saturated rings. The Balaban J connectivity index is 2.27. The molecule has 6 heteroatoms. The van der Waals surface area contributed by atoms with Crippen LogP contribution in [0.4, 0.5) is 11.8 Å². The number of hydrogen-bond donors (Lipinski definition) is 2. The zero-order chi connectivity index (χ0) is 15.2. The second-order valence-corrected chi connectivity index (χ2v) is 6.45. The molecule has 0 unspecified atom stereocenters. The van der Waals surface area contributed by atoms with E-state index in [1.807, 2.05) is 0 Å². The van der Waals surface area contributed by atoms with Crippen LogP contribution in [0, 0.1) is 0 Å². The van der Waals surface area contributed by atoms with Crippen LogP contribution in [-0.2, 0) is 6.42 Å². The topological polar surface area (TPSA) is 53.1 Å². The van der Waals surface area contributed by atoms with Crippen LogP contribution in [0.15, 0.2) is 6.07 Å². The fourth-order valence-electron chi connectivity index (χ4n) is 1.99. The van der Waals surface area contributed by atoms with Crippen LogP contribution in [0.25, 0.3) is 10.2 Å². The van der Waals surface area contributed by atoms with E-state index in [2.05, 4.69) is 59.5 Å². The Bertz CT molecular complexity index is 579. The Hall–Kier alpha value is -1.40. The highest BCUT2D eigenvalue weighted by Gasteiger charge is 2.11. The number of fused-ring (bicyclic) bond motifs is 1. The van der Waals surface area contributed by atoms with Crippen LogP contribution in [0.2, 0.25) is 0 Å². The van der Waals surface area contributed by atoms with Crippen LogP contribution in [-0.4, -0.2) is 48.6 Å². The molecule has 0 aliphatic rings. The van der Waals surface area contributed by atoms with Crippen molar-refractivity contribution in [2.24, 2.45) is 0 Å². The van der Waals surface area contributed by atoms with Gasteiger partial charge in [-0.05, 0) is 33.0 Å². The summed E-state index contributed by atoms with van der Waals surface area (Å²) in [4.78, 5) is 13.8. The van der Waals surface area contributed by atoms with E-state index in [4.69, 9.17) is 0 Å². The SMILES string of the molecule is CCCNc1nc(NCCN(C)C)c2cc(CC)sc2n1. The number of nitrogens with zero attached hydrogens (tertiary/aromatic N) is 3. The van der Waals surface area contributed by atoms with Gasteiger partial charge in [0.05, 0.1) is 5.39 Å². The molecule has 2 aromatic rings. The third kappa shape index (κ3) is 4.28. The molecule has 5 nitrogen and oxygen atoms in total. The minimum Gasteiger partial charge on any atom is -0.368 e. The molecular weight excluding hydrogens is 282 g/mol. The summed E-state index contributed by atoms with van der Waals surface area (Å²) < 4.78 is 0. The number of rotatable bonds is 8. The number of aromatic nitrogens is 2. The van der Waals surface area contributed by atoms with E-state index < -0.39 is 0 Å². The normalized spacial score (nSPS) is 11.3. The van der Waals surface area contributed by atoms with Gasteiger partial charge in [-0.25, -0.2) is 4.98 Å². The van der Waals surface area contributed by atoms with Crippen molar-refractivity contribution in [2.45, 2.75) is 26.7 Å². The first-order chi connectivity index (χ1) is 10.1. The van der Waals surface area contributed by atoms with Crippen molar-refractivity contribution >= 4 is 33.3 Å². The number of anilines is 2. The highest BCUT2D eigenvalue weighted by atomic mass is 32.1. The number of hydrogen-bond acceptors (Lipinski definition) is 6. The summed E-state index contributed by atoms with van der Waals surface area (Å²) in [6, 6.07) is 2.21. The Morgan fingerprint density at radius 2 is 1.95 bits per heavy atom. The maximum atomic E-state index is 4.64. The molecule has 116 valence electrons. The Morgan fingerprint density at radius 1 is 1.14 bits per heavy atom. The van der Waals surface area contributed by atoms with Gasteiger partial charge in [0.1, 0.15) is 10.6 Å². The van der Waals surface area contributed by atoms with E-state index in [9.17, 15) is 0 Å². The summed E-state index contributed by atoms with van der Waals surface area (Å²) in [6.45, 7) is 7.07. The first kappa shape index (κ1) is 16.0. The zero-order valence-electron chi connectivity index (χ0n) is 13.4. The third-order valence-corrected chi connectivity index (χ3v) is 4.35. The first-order valence-electron chi connectivity index (χ1n) is 7.57. The van der Waals surface area contributed by atoms with E-state index in [1.165, 1.54) is 4.88 Å². The molecule has 0 saturated carbocycles. The third-order valence-electron chi connectivity index (χ3n) is 3.18. The molecular formula is C15H25N5S. The predicted octanol–water partition coefficient (Wildman–Crippen LogP) is 3.05. The molecule has 21 heavy (non-hydrogen) atoms. The first-order valence-corrected chi connectivity index (χ1v) is 8.38. The lowest BCUT2D eigenvalue weighted by molar-refractivity contribution is 0.425. The van der Waals surface area contributed by atoms with Crippen molar-refractivity contribution in [3.63, 3.8) is 0 Å². The number of thiophene rings is 1. The molecule has 2 heterocycles. The lowest BCUT2D eigenvalue weighted by atomic mass is 10.3. The molecule has 2 rings (SSSR count). The number of nitrogens with one attached hydrogen (secondary N) is 2. The smallest absolute Gasteiger partial charge is 0.226 e. The van der Waals surface area contributed by atoms with Crippen LogP contribution >= 0.6 is 11.3 Å². The lowest BCUT2D eigenvalue weighted by Gasteiger charge is -2.12. The van der Waals surface area contributed by atoms with Crippen molar-refractivity contribution in [1.82, 2.24) is 14.9 Å². The minimum atomic E-state index is 0.723. The van der Waals surface area contributed by atoms with Gasteiger partial charge in [-0.1, -0.05) is 13.8 Å². The van der Waals surface area contributed by atoms with Gasteiger partial charge in [0.15, 0.2) is 0 Å². The number of aryl methyl sites for hydroxylation is 1. The molecule has 0 aliphatic carbocycles. The van der Waals surface area contributed by atoms with Gasteiger partial charge >= 0.3 is 0 Å². The molecule has 2 aromatic heterocycles. The molecule has 0 amide bonds. The quantitative estimate of drug-likeness (QED) is 0.785. The van der Waals surface area contributed by atoms with Gasteiger partial charge in [-0.15, -0.1) is 11.3 Å². The Labute approximate surface area is 130 Å². The Morgan fingerprint density at radius 3 is 2.62 bits per heavy atom. The second kappa shape index (κ2) is 7.56. The zero-order valence-corrected chi connectivity index (χ0v) is 14.2. The van der Waals surface area contributed by atoms with Crippen LogP contribution in [0.3, 0.4) is 0 Å². The second-order valence-electron chi connectivity index (χ2n) is 5.34. The maximum Gasteiger partial charge on any atom is 0.226 e. The van der Waals surface area contributed by atoms with Crippen molar-refractivity contribution in [1.29, 1.82) is 0 Å². The van der Waals surface area contributed by atoms with E-state index >= 15 is 0 Å². The Kier molecular flexibility index (Phi) is 5.76. The highest BCUT2D eigenvalue weighted by Crippen LogP contribution is 2.30. The fourth-order valence-corrected chi connectivity index (χ4v) is 2.96. The van der Waals surface area contributed by atoms with Crippen molar-refractivity contribution < 1.29 is 0 Å². The highest BCUT2D eigenvalue weighted by molar-refractivity contribution is 7.18. The van der Waals surface area contributed by atoms with E-state index in [0.717, 1.165) is 54.5 Å². The largest absolute Gasteiger partial charge is 0.368 e. The van der Waals surface area contributed by atoms with Crippen molar-refractivity contribution in [2.75, 3.05) is 44.4 Å². The minimum absolute atomic E-state index is 0.723. The molecule has 0 aliphatic heterocycles. The molecule has 0 radical (unpaired) electrons. The number of likely N-dealkylation sites (N-methyl/N-ethyl adjacent to an activating group) is 1. The summed E-state index contributed by atoms with van der Waals surface area (Å²) >= 11 is 1.76. The van der Waals surface area contributed by atoms with Gasteiger partial charge in [-0.2, -0.15) is 4.98 Å². The molecule has 0 saturated heterocycles. The molecule has 0 atom stereocenters. The molecule has 2 N–H and O–H groups in total. The maximum absolute atomic E-state index is 4.64. The van der Waals surface area contributed by atoms with E-state index in [0.29, 0.717) is 0 Å². The average Bonchev–Trinajstić information content (AvgIpc) is 2.88. The summed E-state index contributed by atoms with van der Waals surface area (Å²) in [5, 5.41) is 7.87. The molecule has 0 aromatic carbocycles. The van der Waals surface area contributed by atoms with Gasteiger partial charge in [0.2, 0.25) is 5.95 Å². The predicted molar refractivity (Wildman–Crippen MR) is 92.6 cm³/mol. The molecule has 0 bridgehead atoms. The molecule has 0 spiro atoms. The average molecular weight is 307 g/mol. The van der Waals surface area contributed by atoms with E-state index in [-0.39, 0.29) is 0 Å². The fraction of sp³-hybridized carbons (Fsp3) is 0.600. The van der Waals surface area contributed by atoms with Crippen LogP contribution < -0.4 is 10.6 Å². The van der Waals surface area contributed by atoms with Gasteiger partial charge in [0.25, 0.3) is 0 Å². The standard InChI is InChI=1S/C15H25N5S/c1-5-7-17-15-18-13(16-8-9-20(3)4)12-10-11(6-2)21-14(12)19-15/h10H,5-9H2,1-4H3,(H2,16,17,18,19). The van der Waals surface area contributed by atoms with Gasteiger partial charge < -0.3 is 15.5 Å². The van der Waals surface area contributed by atoms with Gasteiger partial charge in [0, 0.05) is 24.5 Å². The van der Waals surface area contributed by atoms with E-state index in [1.54, 1.807) is 11.3 Å². The van der Waals surface area contributed by atoms with Crippen molar-refractivity contribution in [3.05, 3.63) is 10.9 Å².